The van der Waals surface area contributed by atoms with Gasteiger partial charge in [0.1, 0.15) is 11.6 Å². The molecule has 26 heavy (non-hydrogen) atoms. The van der Waals surface area contributed by atoms with Crippen molar-refractivity contribution in [1.29, 1.82) is 0 Å². The van der Waals surface area contributed by atoms with Crippen molar-refractivity contribution >= 4 is 11.6 Å². The lowest BCUT2D eigenvalue weighted by Crippen LogP contribution is -2.56. The molecule has 0 spiro atoms. The van der Waals surface area contributed by atoms with Gasteiger partial charge in [-0.1, -0.05) is 32.4 Å². The molecule has 0 amide bonds. The Balaban J connectivity index is 1.65. The number of fused-ring (bicyclic) bond motifs is 5. The highest BCUT2D eigenvalue weighted by atomic mass is 16.1. The molecule has 7 atom stereocenters. The predicted molar refractivity (Wildman–Crippen MR) is 105 cm³/mol. The lowest BCUT2D eigenvalue weighted by atomic mass is 9.44. The van der Waals surface area contributed by atoms with Crippen LogP contribution in [0.1, 0.15) is 85.5 Å². The van der Waals surface area contributed by atoms with E-state index in [9.17, 15) is 9.59 Å². The van der Waals surface area contributed by atoms with Crippen LogP contribution >= 0.6 is 0 Å². The summed E-state index contributed by atoms with van der Waals surface area (Å²) in [4.78, 5) is 25.1. The molecule has 4 rings (SSSR count). The van der Waals surface area contributed by atoms with Crippen LogP contribution in [0.3, 0.4) is 0 Å². The quantitative estimate of drug-likeness (QED) is 0.590. The van der Waals surface area contributed by atoms with Gasteiger partial charge in [-0.05, 0) is 80.0 Å². The summed E-state index contributed by atoms with van der Waals surface area (Å²) in [6.07, 6.45) is 11.7. The second-order valence-electron chi connectivity index (χ2n) is 10.4. The fourth-order valence-corrected chi connectivity index (χ4v) is 8.05. The van der Waals surface area contributed by atoms with Gasteiger partial charge in [0.05, 0.1) is 0 Å². The first-order chi connectivity index (χ1) is 12.3. The van der Waals surface area contributed by atoms with Crippen molar-refractivity contribution < 1.29 is 9.59 Å². The van der Waals surface area contributed by atoms with Crippen LogP contribution in [-0.2, 0) is 9.59 Å². The average Bonchev–Trinajstić information content (AvgIpc) is 2.94. The van der Waals surface area contributed by atoms with E-state index < -0.39 is 0 Å². The van der Waals surface area contributed by atoms with Crippen molar-refractivity contribution in [3.05, 3.63) is 11.6 Å². The summed E-state index contributed by atoms with van der Waals surface area (Å²) in [5, 5.41) is 0. The lowest BCUT2D eigenvalue weighted by Gasteiger charge is -2.59. The van der Waals surface area contributed by atoms with E-state index in [1.54, 1.807) is 5.57 Å². The van der Waals surface area contributed by atoms with Gasteiger partial charge < -0.3 is 0 Å². The summed E-state index contributed by atoms with van der Waals surface area (Å²) in [6, 6.07) is 0. The lowest BCUT2D eigenvalue weighted by molar-refractivity contribution is -0.157. The molecule has 0 saturated heterocycles. The number of hydrogen-bond acceptors (Lipinski definition) is 2. The van der Waals surface area contributed by atoms with Gasteiger partial charge in [0.2, 0.25) is 0 Å². The Labute approximate surface area is 159 Å². The summed E-state index contributed by atoms with van der Waals surface area (Å²) < 4.78 is 0. The predicted octanol–water partition coefficient (Wildman–Crippen LogP) is 5.75. The van der Waals surface area contributed by atoms with Crippen molar-refractivity contribution in [1.82, 2.24) is 0 Å². The standard InChI is InChI=1S/C24H36O2/c1-5-6-15(2)18-7-8-19-17-14-22(26)21-13-16(25)9-11-24(21,4)20(17)10-12-23(18,19)3/h6,17-21H,5,7-14H2,1-4H3/t17?,18-,19?,20?,21?,23?,24?/m1/s1. The van der Waals surface area contributed by atoms with Gasteiger partial charge in [0.25, 0.3) is 0 Å². The maximum atomic E-state index is 13.1. The Bertz CT molecular complexity index is 647. The van der Waals surface area contributed by atoms with Crippen molar-refractivity contribution in [3.63, 3.8) is 0 Å². The third-order valence-corrected chi connectivity index (χ3v) is 9.36. The summed E-state index contributed by atoms with van der Waals surface area (Å²) in [5.41, 5.74) is 2.05. The van der Waals surface area contributed by atoms with Gasteiger partial charge >= 0.3 is 0 Å². The Morgan fingerprint density at radius 1 is 1.04 bits per heavy atom. The molecule has 144 valence electrons. The van der Waals surface area contributed by atoms with E-state index in [0.717, 1.165) is 19.3 Å². The van der Waals surface area contributed by atoms with E-state index in [1.807, 2.05) is 0 Å². The van der Waals surface area contributed by atoms with E-state index >= 15 is 0 Å². The molecule has 0 N–H and O–H groups in total. The summed E-state index contributed by atoms with van der Waals surface area (Å²) in [6.45, 7) is 9.46. The monoisotopic (exact) mass is 356 g/mol. The number of carbonyl (C=O) groups excluding carboxylic acids is 2. The highest BCUT2D eigenvalue weighted by Crippen LogP contribution is 2.67. The highest BCUT2D eigenvalue weighted by Gasteiger charge is 2.62. The van der Waals surface area contributed by atoms with Gasteiger partial charge in [-0.3, -0.25) is 9.59 Å². The first-order valence-electron chi connectivity index (χ1n) is 11.0. The van der Waals surface area contributed by atoms with Crippen molar-refractivity contribution in [2.24, 2.45) is 40.4 Å². The molecule has 6 unspecified atom stereocenters. The third kappa shape index (κ3) is 2.50. The second-order valence-corrected chi connectivity index (χ2v) is 10.4. The van der Waals surface area contributed by atoms with Gasteiger partial charge in [-0.25, -0.2) is 0 Å². The molecule has 0 aromatic heterocycles. The molecule has 0 aliphatic heterocycles. The Morgan fingerprint density at radius 3 is 2.50 bits per heavy atom. The zero-order chi connectivity index (χ0) is 18.7. The fourth-order valence-electron chi connectivity index (χ4n) is 8.05. The molecule has 4 saturated carbocycles. The molecule has 4 aliphatic rings. The van der Waals surface area contributed by atoms with Crippen LogP contribution < -0.4 is 0 Å². The first kappa shape index (κ1) is 18.4. The Morgan fingerprint density at radius 2 is 1.77 bits per heavy atom. The van der Waals surface area contributed by atoms with E-state index in [-0.39, 0.29) is 11.3 Å². The topological polar surface area (TPSA) is 34.1 Å². The van der Waals surface area contributed by atoms with Crippen molar-refractivity contribution in [2.45, 2.75) is 85.5 Å². The zero-order valence-electron chi connectivity index (χ0n) is 17.1. The second kappa shape index (κ2) is 6.31. The minimum atomic E-state index is 0.0216. The van der Waals surface area contributed by atoms with Gasteiger partial charge in [0.15, 0.2) is 0 Å². The third-order valence-electron chi connectivity index (χ3n) is 9.36. The van der Waals surface area contributed by atoms with Gasteiger partial charge in [-0.15, -0.1) is 0 Å². The van der Waals surface area contributed by atoms with Gasteiger partial charge in [-0.2, -0.15) is 0 Å². The van der Waals surface area contributed by atoms with Gasteiger partial charge in [0, 0.05) is 25.2 Å². The number of carbonyl (C=O) groups is 2. The largest absolute Gasteiger partial charge is 0.300 e. The number of allylic oxidation sites excluding steroid dienone is 2. The average molecular weight is 357 g/mol. The van der Waals surface area contributed by atoms with Crippen molar-refractivity contribution in [3.8, 4) is 0 Å². The minimum absolute atomic E-state index is 0.0216. The van der Waals surface area contributed by atoms with Crippen LogP contribution in [0.2, 0.25) is 0 Å². The molecule has 2 nitrogen and oxygen atoms in total. The Hall–Kier alpha value is -0.920. The van der Waals surface area contributed by atoms with Crippen LogP contribution in [0.4, 0.5) is 0 Å². The molecular weight excluding hydrogens is 320 g/mol. The van der Waals surface area contributed by atoms with Crippen LogP contribution in [0.15, 0.2) is 11.6 Å². The number of ketones is 2. The van der Waals surface area contributed by atoms with E-state index in [0.29, 0.717) is 53.5 Å². The molecule has 0 radical (unpaired) electrons. The normalized spacial score (nSPS) is 48.8. The molecule has 4 fully saturated rings. The summed E-state index contributed by atoms with van der Waals surface area (Å²) in [7, 11) is 0. The highest BCUT2D eigenvalue weighted by molar-refractivity contribution is 5.90. The molecule has 4 aliphatic carbocycles. The molecule has 0 heterocycles. The van der Waals surface area contributed by atoms with E-state index in [1.165, 1.54) is 25.7 Å². The molecular formula is C24H36O2. The van der Waals surface area contributed by atoms with Crippen LogP contribution in [0, 0.1) is 40.4 Å². The molecule has 0 aromatic carbocycles. The zero-order valence-corrected chi connectivity index (χ0v) is 17.1. The smallest absolute Gasteiger partial charge is 0.137 e. The number of Topliss-reactive ketones (excluding diaryl/α,β-unsaturated/α-hetero) is 2. The SMILES string of the molecule is CCC=C(C)[C@H]1CCC2C3CC(=O)C4CC(=O)CCC4(C)C3CCC21C. The number of rotatable bonds is 2. The molecule has 2 heteroatoms. The molecule has 0 aromatic rings. The van der Waals surface area contributed by atoms with E-state index in [4.69, 9.17) is 0 Å². The molecule has 0 bridgehead atoms. The van der Waals surface area contributed by atoms with Crippen LogP contribution in [-0.4, -0.2) is 11.6 Å². The maximum absolute atomic E-state index is 13.1. The van der Waals surface area contributed by atoms with Crippen LogP contribution in [0.5, 0.6) is 0 Å². The first-order valence-corrected chi connectivity index (χ1v) is 11.0. The minimum Gasteiger partial charge on any atom is -0.300 e. The van der Waals surface area contributed by atoms with Crippen molar-refractivity contribution in [2.75, 3.05) is 0 Å². The summed E-state index contributed by atoms with van der Waals surface area (Å²) >= 11 is 0. The number of hydrogen-bond donors (Lipinski definition) is 0. The van der Waals surface area contributed by atoms with Crippen LogP contribution in [0.25, 0.3) is 0 Å². The maximum Gasteiger partial charge on any atom is 0.137 e. The Kier molecular flexibility index (Phi) is 4.48. The fraction of sp³-hybridized carbons (Fsp3) is 0.833. The summed E-state index contributed by atoms with van der Waals surface area (Å²) in [5.74, 6) is 3.39. The van der Waals surface area contributed by atoms with E-state index in [2.05, 4.69) is 33.8 Å².